The lowest BCUT2D eigenvalue weighted by atomic mass is 10.3. The van der Waals surface area contributed by atoms with Gasteiger partial charge in [0.25, 0.3) is 0 Å². The molecule has 0 aliphatic carbocycles. The predicted molar refractivity (Wildman–Crippen MR) is 51.8 cm³/mol. The van der Waals surface area contributed by atoms with E-state index >= 15 is 0 Å². The van der Waals surface area contributed by atoms with E-state index in [-0.39, 0.29) is 5.91 Å². The maximum Gasteiger partial charge on any atom is 0.224 e. The van der Waals surface area contributed by atoms with Gasteiger partial charge in [-0.3, -0.25) is 4.79 Å². The molecule has 1 heterocycles. The Balaban J connectivity index is 2.56. The lowest BCUT2D eigenvalue weighted by Crippen LogP contribution is -2.19. The first-order chi connectivity index (χ1) is 5.74. The lowest BCUT2D eigenvalue weighted by Gasteiger charge is -2.03. The van der Waals surface area contributed by atoms with Gasteiger partial charge in [0.1, 0.15) is 0 Å². The van der Waals surface area contributed by atoms with E-state index in [9.17, 15) is 4.79 Å². The van der Waals surface area contributed by atoms with Crippen LogP contribution >= 0.6 is 11.3 Å². The average molecular weight is 181 g/mol. The Morgan fingerprint density at radius 1 is 1.75 bits per heavy atom. The molecule has 0 aliphatic heterocycles. The second-order valence-corrected chi connectivity index (χ2v) is 3.31. The van der Waals surface area contributed by atoms with Gasteiger partial charge in [-0.1, -0.05) is 19.6 Å². The van der Waals surface area contributed by atoms with Gasteiger partial charge < -0.3 is 5.32 Å². The molecule has 0 spiro atoms. The number of nitrogens with one attached hydrogen (secondary N) is 1. The van der Waals surface area contributed by atoms with Crippen molar-refractivity contribution < 1.29 is 4.79 Å². The highest BCUT2D eigenvalue weighted by molar-refractivity contribution is 7.11. The average Bonchev–Trinajstić information content (AvgIpc) is 2.56. The van der Waals surface area contributed by atoms with Crippen LogP contribution in [0.1, 0.15) is 18.2 Å². The van der Waals surface area contributed by atoms with Gasteiger partial charge in [0.2, 0.25) is 5.91 Å². The molecule has 0 radical (unpaired) electrons. The number of hydrogen-bond acceptors (Lipinski definition) is 2. The standard InChI is InChI=1S/C9H11NOS/c1-3-9(11)10-7(2)8-5-4-6-12-8/h4-6H,2-3H2,1H3,(H,10,11). The molecule has 0 fully saturated rings. The number of thiophene rings is 1. The fourth-order valence-electron chi connectivity index (χ4n) is 0.769. The molecular formula is C9H11NOS. The zero-order chi connectivity index (χ0) is 8.97. The first-order valence-corrected chi connectivity index (χ1v) is 4.64. The number of rotatable bonds is 3. The summed E-state index contributed by atoms with van der Waals surface area (Å²) in [5, 5.41) is 4.67. The van der Waals surface area contributed by atoms with Crippen LogP contribution in [0.4, 0.5) is 0 Å². The summed E-state index contributed by atoms with van der Waals surface area (Å²) in [7, 11) is 0. The summed E-state index contributed by atoms with van der Waals surface area (Å²) < 4.78 is 0. The van der Waals surface area contributed by atoms with Crippen molar-refractivity contribution in [3.05, 3.63) is 29.0 Å². The molecule has 0 bridgehead atoms. The molecule has 1 amide bonds. The van der Waals surface area contributed by atoms with Crippen molar-refractivity contribution in [1.29, 1.82) is 0 Å². The number of amides is 1. The van der Waals surface area contributed by atoms with Crippen molar-refractivity contribution in [3.63, 3.8) is 0 Å². The van der Waals surface area contributed by atoms with E-state index in [1.807, 2.05) is 24.4 Å². The van der Waals surface area contributed by atoms with Crippen molar-refractivity contribution in [1.82, 2.24) is 5.32 Å². The van der Waals surface area contributed by atoms with Crippen LogP contribution in [0.3, 0.4) is 0 Å². The highest BCUT2D eigenvalue weighted by Crippen LogP contribution is 2.15. The third-order valence-corrected chi connectivity index (χ3v) is 2.36. The molecule has 1 aromatic heterocycles. The van der Waals surface area contributed by atoms with Crippen LogP contribution in [-0.2, 0) is 4.79 Å². The number of carbonyl (C=O) groups excluding carboxylic acids is 1. The minimum Gasteiger partial charge on any atom is -0.325 e. The molecule has 2 nitrogen and oxygen atoms in total. The molecule has 0 aliphatic rings. The van der Waals surface area contributed by atoms with Crippen LogP contribution in [0.15, 0.2) is 24.1 Å². The monoisotopic (exact) mass is 181 g/mol. The minimum absolute atomic E-state index is 0.00778. The van der Waals surface area contributed by atoms with E-state index in [1.165, 1.54) is 0 Å². The highest BCUT2D eigenvalue weighted by Gasteiger charge is 2.02. The third-order valence-electron chi connectivity index (χ3n) is 1.43. The fraction of sp³-hybridized carbons (Fsp3) is 0.222. The molecule has 0 saturated heterocycles. The maximum atomic E-state index is 11.0. The minimum atomic E-state index is 0.00778. The molecule has 0 atom stereocenters. The first kappa shape index (κ1) is 9.00. The molecular weight excluding hydrogens is 170 g/mol. The zero-order valence-electron chi connectivity index (χ0n) is 6.96. The molecule has 1 aromatic rings. The van der Waals surface area contributed by atoms with Gasteiger partial charge in [-0.2, -0.15) is 0 Å². The Hall–Kier alpha value is -1.09. The van der Waals surface area contributed by atoms with Crippen molar-refractivity contribution in [2.75, 3.05) is 0 Å². The Bertz CT molecular complexity index is 277. The van der Waals surface area contributed by atoms with Gasteiger partial charge in [0.15, 0.2) is 0 Å². The van der Waals surface area contributed by atoms with Crippen LogP contribution in [0.2, 0.25) is 0 Å². The summed E-state index contributed by atoms with van der Waals surface area (Å²) in [5.41, 5.74) is 0.692. The molecule has 0 aromatic carbocycles. The van der Waals surface area contributed by atoms with E-state index in [1.54, 1.807) is 11.3 Å². The second kappa shape index (κ2) is 4.07. The predicted octanol–water partition coefficient (Wildman–Crippen LogP) is 2.25. The van der Waals surface area contributed by atoms with Gasteiger partial charge in [-0.25, -0.2) is 0 Å². The summed E-state index contributed by atoms with van der Waals surface area (Å²) in [6, 6.07) is 3.87. The summed E-state index contributed by atoms with van der Waals surface area (Å²) in [6.07, 6.45) is 0.490. The van der Waals surface area contributed by atoms with Crippen molar-refractivity contribution in [3.8, 4) is 0 Å². The molecule has 0 unspecified atom stereocenters. The smallest absolute Gasteiger partial charge is 0.224 e. The second-order valence-electron chi connectivity index (χ2n) is 2.36. The Morgan fingerprint density at radius 2 is 2.50 bits per heavy atom. The Morgan fingerprint density at radius 3 is 3.00 bits per heavy atom. The van der Waals surface area contributed by atoms with Gasteiger partial charge >= 0.3 is 0 Å². The zero-order valence-corrected chi connectivity index (χ0v) is 7.78. The van der Waals surface area contributed by atoms with Crippen LogP contribution in [0, 0.1) is 0 Å². The van der Waals surface area contributed by atoms with Gasteiger partial charge in [0, 0.05) is 11.3 Å². The molecule has 3 heteroatoms. The van der Waals surface area contributed by atoms with Crippen LogP contribution in [0.5, 0.6) is 0 Å². The maximum absolute atomic E-state index is 11.0. The van der Waals surface area contributed by atoms with E-state index in [0.29, 0.717) is 12.1 Å². The van der Waals surface area contributed by atoms with Crippen molar-refractivity contribution in [2.45, 2.75) is 13.3 Å². The summed E-state index contributed by atoms with van der Waals surface area (Å²) in [4.78, 5) is 12.0. The lowest BCUT2D eigenvalue weighted by molar-refractivity contribution is -0.119. The molecule has 12 heavy (non-hydrogen) atoms. The van der Waals surface area contributed by atoms with Crippen LogP contribution in [0.25, 0.3) is 5.70 Å². The number of carbonyl (C=O) groups is 1. The van der Waals surface area contributed by atoms with E-state index < -0.39 is 0 Å². The van der Waals surface area contributed by atoms with E-state index in [2.05, 4.69) is 11.9 Å². The third kappa shape index (κ3) is 2.20. The summed E-state index contributed by atoms with van der Waals surface area (Å²) in [6.45, 7) is 5.58. The SMILES string of the molecule is C=C(NC(=O)CC)c1cccs1. The van der Waals surface area contributed by atoms with Crippen molar-refractivity contribution >= 4 is 22.9 Å². The molecule has 64 valence electrons. The van der Waals surface area contributed by atoms with Gasteiger partial charge in [-0.05, 0) is 11.4 Å². The first-order valence-electron chi connectivity index (χ1n) is 3.76. The van der Waals surface area contributed by atoms with E-state index in [0.717, 1.165) is 4.88 Å². The topological polar surface area (TPSA) is 29.1 Å². The van der Waals surface area contributed by atoms with Crippen LogP contribution in [-0.4, -0.2) is 5.91 Å². The number of hydrogen-bond donors (Lipinski definition) is 1. The molecule has 1 N–H and O–H groups in total. The van der Waals surface area contributed by atoms with Crippen molar-refractivity contribution in [2.24, 2.45) is 0 Å². The Labute approximate surface area is 75.9 Å². The summed E-state index contributed by atoms with van der Waals surface area (Å²) in [5.74, 6) is 0.00778. The van der Waals surface area contributed by atoms with Crippen LogP contribution < -0.4 is 5.32 Å². The van der Waals surface area contributed by atoms with E-state index in [4.69, 9.17) is 0 Å². The highest BCUT2D eigenvalue weighted by atomic mass is 32.1. The quantitative estimate of drug-likeness (QED) is 0.761. The summed E-state index contributed by atoms with van der Waals surface area (Å²) >= 11 is 1.57. The fourth-order valence-corrected chi connectivity index (χ4v) is 1.42. The largest absolute Gasteiger partial charge is 0.325 e. The normalized spacial score (nSPS) is 9.42. The Kier molecular flexibility index (Phi) is 3.05. The molecule has 1 rings (SSSR count). The van der Waals surface area contributed by atoms with Gasteiger partial charge in [-0.15, -0.1) is 11.3 Å². The molecule has 0 saturated carbocycles. The van der Waals surface area contributed by atoms with Gasteiger partial charge in [0.05, 0.1) is 5.70 Å².